The second-order valence-corrected chi connectivity index (χ2v) is 8.58. The lowest BCUT2D eigenvalue weighted by molar-refractivity contribution is 0.0949. The fourth-order valence-corrected chi connectivity index (χ4v) is 4.23. The van der Waals surface area contributed by atoms with Crippen molar-refractivity contribution < 1.29 is 4.79 Å². The SMILES string of the molecule is Cc1nn(C)c2nc(C(C)C)cc(C(=O)NCCN3CCN(c4ccccc4)CC3)c12. The van der Waals surface area contributed by atoms with Gasteiger partial charge in [-0.1, -0.05) is 32.0 Å². The first-order valence-electron chi connectivity index (χ1n) is 11.1. The Morgan fingerprint density at radius 1 is 1.13 bits per heavy atom. The molecule has 1 aliphatic rings. The summed E-state index contributed by atoms with van der Waals surface area (Å²) in [5.41, 5.74) is 4.48. The third-order valence-electron chi connectivity index (χ3n) is 6.03. The molecular weight excluding hydrogens is 388 g/mol. The minimum atomic E-state index is -0.0479. The molecule has 2 aromatic heterocycles. The van der Waals surface area contributed by atoms with E-state index in [0.717, 1.165) is 55.1 Å². The number of hydrogen-bond donors (Lipinski definition) is 1. The highest BCUT2D eigenvalue weighted by Crippen LogP contribution is 2.24. The molecule has 1 amide bonds. The van der Waals surface area contributed by atoms with Gasteiger partial charge in [-0.3, -0.25) is 14.4 Å². The maximum Gasteiger partial charge on any atom is 0.252 e. The normalized spacial score (nSPS) is 15.1. The Bertz CT molecular complexity index is 1050. The zero-order valence-corrected chi connectivity index (χ0v) is 18.9. The second kappa shape index (κ2) is 9.06. The number of carbonyl (C=O) groups is 1. The number of nitrogens with one attached hydrogen (secondary N) is 1. The number of piperazine rings is 1. The summed E-state index contributed by atoms with van der Waals surface area (Å²) in [5, 5.41) is 8.45. The molecule has 0 saturated carbocycles. The standard InChI is InChI=1S/C24H32N6O/c1-17(2)21-16-20(22-18(3)27-28(4)23(22)26-21)24(31)25-10-11-29-12-14-30(15-13-29)19-8-6-5-7-9-19/h5-9,16-17H,10-15H2,1-4H3,(H,25,31). The van der Waals surface area contributed by atoms with Gasteiger partial charge in [0.1, 0.15) is 0 Å². The van der Waals surface area contributed by atoms with E-state index in [1.165, 1.54) is 5.69 Å². The van der Waals surface area contributed by atoms with Crippen LogP contribution in [0, 0.1) is 6.92 Å². The van der Waals surface area contributed by atoms with Crippen LogP contribution in [0.1, 0.15) is 41.5 Å². The van der Waals surface area contributed by atoms with Gasteiger partial charge >= 0.3 is 0 Å². The highest BCUT2D eigenvalue weighted by molar-refractivity contribution is 6.06. The summed E-state index contributed by atoms with van der Waals surface area (Å²) in [4.78, 5) is 22.6. The highest BCUT2D eigenvalue weighted by Gasteiger charge is 2.20. The molecule has 0 radical (unpaired) electrons. The van der Waals surface area contributed by atoms with Crippen LogP contribution in [-0.2, 0) is 7.05 Å². The van der Waals surface area contributed by atoms with E-state index in [0.29, 0.717) is 12.1 Å². The summed E-state index contributed by atoms with van der Waals surface area (Å²) in [5.74, 6) is 0.195. The Hall–Kier alpha value is -2.93. The van der Waals surface area contributed by atoms with E-state index >= 15 is 0 Å². The molecule has 7 nitrogen and oxygen atoms in total. The Kier molecular flexibility index (Phi) is 6.23. The summed E-state index contributed by atoms with van der Waals surface area (Å²) in [6.45, 7) is 11.6. The van der Waals surface area contributed by atoms with Gasteiger partial charge in [0.05, 0.1) is 16.6 Å². The number of rotatable bonds is 6. The third-order valence-corrected chi connectivity index (χ3v) is 6.03. The molecule has 4 rings (SSSR count). The van der Waals surface area contributed by atoms with Gasteiger partial charge in [-0.15, -0.1) is 0 Å². The molecule has 164 valence electrons. The van der Waals surface area contributed by atoms with Crippen LogP contribution in [0.3, 0.4) is 0 Å². The zero-order chi connectivity index (χ0) is 22.0. The second-order valence-electron chi connectivity index (χ2n) is 8.58. The predicted molar refractivity (Wildman–Crippen MR) is 125 cm³/mol. The summed E-state index contributed by atoms with van der Waals surface area (Å²) in [7, 11) is 1.88. The largest absolute Gasteiger partial charge is 0.369 e. The van der Waals surface area contributed by atoms with E-state index in [2.05, 4.69) is 64.4 Å². The summed E-state index contributed by atoms with van der Waals surface area (Å²) in [6.07, 6.45) is 0. The van der Waals surface area contributed by atoms with E-state index in [9.17, 15) is 4.79 Å². The fourth-order valence-electron chi connectivity index (χ4n) is 4.23. The van der Waals surface area contributed by atoms with Crippen molar-refractivity contribution in [2.75, 3.05) is 44.2 Å². The lowest BCUT2D eigenvalue weighted by Crippen LogP contribution is -2.48. The first-order valence-corrected chi connectivity index (χ1v) is 11.1. The molecule has 1 N–H and O–H groups in total. The molecular formula is C24H32N6O. The molecule has 1 aromatic carbocycles. The highest BCUT2D eigenvalue weighted by atomic mass is 16.1. The average Bonchev–Trinajstić information content (AvgIpc) is 3.07. The number of amides is 1. The van der Waals surface area contributed by atoms with E-state index in [4.69, 9.17) is 4.98 Å². The third kappa shape index (κ3) is 4.56. The Balaban J connectivity index is 1.37. The topological polar surface area (TPSA) is 66.3 Å². The van der Waals surface area contributed by atoms with Crippen molar-refractivity contribution in [2.45, 2.75) is 26.7 Å². The van der Waals surface area contributed by atoms with Crippen LogP contribution < -0.4 is 10.2 Å². The number of benzene rings is 1. The van der Waals surface area contributed by atoms with Crippen LogP contribution in [0.25, 0.3) is 11.0 Å². The first kappa shape index (κ1) is 21.3. The molecule has 3 heterocycles. The molecule has 7 heteroatoms. The summed E-state index contributed by atoms with van der Waals surface area (Å²) < 4.78 is 1.76. The molecule has 0 aliphatic carbocycles. The molecule has 1 fully saturated rings. The number of hydrogen-bond acceptors (Lipinski definition) is 5. The molecule has 1 aliphatic heterocycles. The molecule has 0 atom stereocenters. The summed E-state index contributed by atoms with van der Waals surface area (Å²) >= 11 is 0. The van der Waals surface area contributed by atoms with Crippen LogP contribution in [-0.4, -0.2) is 64.8 Å². The van der Waals surface area contributed by atoms with Crippen molar-refractivity contribution in [1.29, 1.82) is 0 Å². The average molecular weight is 421 g/mol. The van der Waals surface area contributed by atoms with Crippen molar-refractivity contribution in [3.05, 3.63) is 53.3 Å². The monoisotopic (exact) mass is 420 g/mol. The number of pyridine rings is 1. The number of aromatic nitrogens is 3. The van der Waals surface area contributed by atoms with Gasteiger partial charge < -0.3 is 10.2 Å². The van der Waals surface area contributed by atoms with Gasteiger partial charge in [0.25, 0.3) is 5.91 Å². The number of anilines is 1. The number of nitrogens with zero attached hydrogens (tertiary/aromatic N) is 5. The smallest absolute Gasteiger partial charge is 0.252 e. The van der Waals surface area contributed by atoms with Crippen molar-refractivity contribution in [1.82, 2.24) is 25.0 Å². The number of aryl methyl sites for hydroxylation is 2. The predicted octanol–water partition coefficient (Wildman–Crippen LogP) is 2.95. The first-order chi connectivity index (χ1) is 14.9. The van der Waals surface area contributed by atoms with Crippen molar-refractivity contribution in [2.24, 2.45) is 7.05 Å². The Morgan fingerprint density at radius 3 is 2.52 bits per heavy atom. The van der Waals surface area contributed by atoms with Crippen molar-refractivity contribution in [3.8, 4) is 0 Å². The van der Waals surface area contributed by atoms with Gasteiger partial charge in [-0.05, 0) is 31.0 Å². The maximum absolute atomic E-state index is 13.1. The van der Waals surface area contributed by atoms with Gasteiger partial charge in [0.15, 0.2) is 5.65 Å². The van der Waals surface area contributed by atoms with Gasteiger partial charge in [0.2, 0.25) is 0 Å². The van der Waals surface area contributed by atoms with Crippen molar-refractivity contribution >= 4 is 22.6 Å². The lowest BCUT2D eigenvalue weighted by atomic mass is 10.0. The molecule has 0 bridgehead atoms. The number of para-hydroxylation sites is 1. The van der Waals surface area contributed by atoms with E-state index < -0.39 is 0 Å². The molecule has 0 spiro atoms. The van der Waals surface area contributed by atoms with Crippen LogP contribution in [0.2, 0.25) is 0 Å². The Morgan fingerprint density at radius 2 is 1.84 bits per heavy atom. The van der Waals surface area contributed by atoms with Crippen molar-refractivity contribution in [3.63, 3.8) is 0 Å². The van der Waals surface area contributed by atoms with Gasteiger partial charge in [0, 0.05) is 57.7 Å². The number of fused-ring (bicyclic) bond motifs is 1. The van der Waals surface area contributed by atoms with E-state index in [1.807, 2.05) is 20.0 Å². The molecule has 1 saturated heterocycles. The van der Waals surface area contributed by atoms with Gasteiger partial charge in [-0.2, -0.15) is 5.10 Å². The molecule has 3 aromatic rings. The molecule has 0 unspecified atom stereocenters. The quantitative estimate of drug-likeness (QED) is 0.664. The van der Waals surface area contributed by atoms with Crippen LogP contribution in [0.4, 0.5) is 5.69 Å². The Labute approximate surface area is 184 Å². The van der Waals surface area contributed by atoms with E-state index in [1.54, 1.807) is 4.68 Å². The maximum atomic E-state index is 13.1. The molecule has 31 heavy (non-hydrogen) atoms. The minimum absolute atomic E-state index is 0.0479. The van der Waals surface area contributed by atoms with Crippen LogP contribution >= 0.6 is 0 Å². The minimum Gasteiger partial charge on any atom is -0.369 e. The van der Waals surface area contributed by atoms with Crippen LogP contribution in [0.15, 0.2) is 36.4 Å². The fraction of sp³-hybridized carbons (Fsp3) is 0.458. The van der Waals surface area contributed by atoms with E-state index in [-0.39, 0.29) is 11.8 Å². The zero-order valence-electron chi connectivity index (χ0n) is 18.9. The van der Waals surface area contributed by atoms with Gasteiger partial charge in [-0.25, -0.2) is 4.98 Å². The lowest BCUT2D eigenvalue weighted by Gasteiger charge is -2.36. The number of carbonyl (C=O) groups excluding carboxylic acids is 1. The van der Waals surface area contributed by atoms with Crippen LogP contribution in [0.5, 0.6) is 0 Å². The summed E-state index contributed by atoms with van der Waals surface area (Å²) in [6, 6.07) is 12.5.